The second-order valence-corrected chi connectivity index (χ2v) is 4.98. The Morgan fingerprint density at radius 3 is 2.55 bits per heavy atom. The van der Waals surface area contributed by atoms with E-state index in [0.29, 0.717) is 17.6 Å². The number of hydrogen-bond donors (Lipinski definition) is 0. The van der Waals surface area contributed by atoms with Gasteiger partial charge in [-0.05, 0) is 24.5 Å². The zero-order valence-electron chi connectivity index (χ0n) is 11.1. The average Bonchev–Trinajstić information content (AvgIpc) is 2.68. The van der Waals surface area contributed by atoms with E-state index in [4.69, 9.17) is 11.6 Å². The van der Waals surface area contributed by atoms with Gasteiger partial charge >= 0.3 is 6.18 Å². The summed E-state index contributed by atoms with van der Waals surface area (Å²) in [7, 11) is 0. The lowest BCUT2D eigenvalue weighted by molar-refractivity contribution is -0.120. The Balaban J connectivity index is 2.47. The molecule has 1 aliphatic rings. The maximum absolute atomic E-state index is 12.6. The monoisotopic (exact) mass is 301 g/mol. The smallest absolute Gasteiger partial charge is 0.171 e. The van der Waals surface area contributed by atoms with E-state index in [-0.39, 0.29) is 10.9 Å². The highest BCUT2D eigenvalue weighted by Gasteiger charge is 2.35. The molecule has 1 radical (unpaired) electrons. The van der Waals surface area contributed by atoms with Gasteiger partial charge in [-0.25, -0.2) is 0 Å². The van der Waals surface area contributed by atoms with E-state index < -0.39 is 12.6 Å². The number of rotatable bonds is 3. The molecule has 1 aromatic carbocycles. The SMILES string of the molecule is CCc1ccc(C)cc1C1=C(Cl)[N]N=C1CC(F)(F)F. The maximum Gasteiger partial charge on any atom is 0.394 e. The highest BCUT2D eigenvalue weighted by atomic mass is 35.5. The molecule has 0 fully saturated rings. The number of benzene rings is 1. The van der Waals surface area contributed by atoms with Gasteiger partial charge in [0.15, 0.2) is 5.16 Å². The van der Waals surface area contributed by atoms with Crippen molar-refractivity contribution in [3.05, 3.63) is 40.0 Å². The third-order valence-electron chi connectivity index (χ3n) is 3.04. The third kappa shape index (κ3) is 3.15. The van der Waals surface area contributed by atoms with Gasteiger partial charge in [0.2, 0.25) is 0 Å². The standard InChI is InChI=1S/C14H13ClF3N2/c1-3-9-5-4-8(2)6-10(9)12-11(7-14(16,17)18)19-20-13(12)15/h4-6H,3,7H2,1-2H3. The van der Waals surface area contributed by atoms with Crippen LogP contribution in [0.4, 0.5) is 13.2 Å². The number of alkyl halides is 3. The van der Waals surface area contributed by atoms with Gasteiger partial charge < -0.3 is 0 Å². The molecule has 0 unspecified atom stereocenters. The Labute approximate surface area is 120 Å². The normalized spacial score (nSPS) is 15.4. The summed E-state index contributed by atoms with van der Waals surface area (Å²) in [5.74, 6) is 0. The summed E-state index contributed by atoms with van der Waals surface area (Å²) in [6.45, 7) is 3.82. The van der Waals surface area contributed by atoms with Crippen LogP contribution in [0.15, 0.2) is 28.5 Å². The van der Waals surface area contributed by atoms with Crippen molar-refractivity contribution >= 4 is 22.9 Å². The Morgan fingerprint density at radius 1 is 1.25 bits per heavy atom. The first-order valence-electron chi connectivity index (χ1n) is 6.16. The van der Waals surface area contributed by atoms with E-state index >= 15 is 0 Å². The summed E-state index contributed by atoms with van der Waals surface area (Å²) in [6, 6.07) is 5.64. The van der Waals surface area contributed by atoms with Gasteiger partial charge in [-0.1, -0.05) is 42.3 Å². The minimum atomic E-state index is -4.34. The molecule has 20 heavy (non-hydrogen) atoms. The first-order chi connectivity index (χ1) is 9.31. The molecule has 1 aliphatic heterocycles. The van der Waals surface area contributed by atoms with Gasteiger partial charge in [-0.2, -0.15) is 18.3 Å². The number of aryl methyl sites for hydroxylation is 2. The van der Waals surface area contributed by atoms with Crippen molar-refractivity contribution in [1.82, 2.24) is 5.43 Å². The van der Waals surface area contributed by atoms with Crippen LogP contribution in [0.2, 0.25) is 0 Å². The second-order valence-electron chi connectivity index (χ2n) is 4.62. The Morgan fingerprint density at radius 2 is 1.95 bits per heavy atom. The highest BCUT2D eigenvalue weighted by Crippen LogP contribution is 2.34. The lowest BCUT2D eigenvalue weighted by atomic mass is 9.93. The molecular formula is C14H13ClF3N2. The van der Waals surface area contributed by atoms with Crippen molar-refractivity contribution in [2.75, 3.05) is 0 Å². The number of halogens is 4. The molecule has 0 aromatic heterocycles. The summed E-state index contributed by atoms with van der Waals surface area (Å²) in [6.07, 6.45) is -4.76. The Hall–Kier alpha value is -1.49. The van der Waals surface area contributed by atoms with E-state index in [9.17, 15) is 13.2 Å². The molecule has 0 N–H and O–H groups in total. The zero-order valence-corrected chi connectivity index (χ0v) is 11.8. The molecule has 0 saturated heterocycles. The molecule has 0 amide bonds. The zero-order chi connectivity index (χ0) is 14.9. The number of allylic oxidation sites excluding steroid dienone is 1. The summed E-state index contributed by atoms with van der Waals surface area (Å²) >= 11 is 5.95. The van der Waals surface area contributed by atoms with Gasteiger partial charge in [0.25, 0.3) is 0 Å². The molecule has 1 heterocycles. The number of hydrogen-bond acceptors (Lipinski definition) is 1. The van der Waals surface area contributed by atoms with Crippen LogP contribution in [0.1, 0.15) is 30.0 Å². The minimum Gasteiger partial charge on any atom is -0.171 e. The Bertz CT molecular complexity index is 589. The molecule has 0 bridgehead atoms. The van der Waals surface area contributed by atoms with Gasteiger partial charge in [-0.15, -0.1) is 5.43 Å². The third-order valence-corrected chi connectivity index (χ3v) is 3.30. The molecule has 6 heteroatoms. The van der Waals surface area contributed by atoms with Gasteiger partial charge in [0, 0.05) is 5.57 Å². The molecular weight excluding hydrogens is 289 g/mol. The van der Waals surface area contributed by atoms with Crippen LogP contribution in [0.3, 0.4) is 0 Å². The lowest BCUT2D eigenvalue weighted by Crippen LogP contribution is -2.15. The van der Waals surface area contributed by atoms with Crippen LogP contribution < -0.4 is 5.43 Å². The second kappa shape index (κ2) is 5.48. The van der Waals surface area contributed by atoms with Crippen molar-refractivity contribution in [3.63, 3.8) is 0 Å². The van der Waals surface area contributed by atoms with Gasteiger partial charge in [-0.3, -0.25) is 0 Å². The predicted octanol–water partition coefficient (Wildman–Crippen LogP) is 4.39. The van der Waals surface area contributed by atoms with Crippen molar-refractivity contribution in [2.24, 2.45) is 5.10 Å². The van der Waals surface area contributed by atoms with Crippen LogP contribution in [0.5, 0.6) is 0 Å². The summed E-state index contributed by atoms with van der Waals surface area (Å²) < 4.78 is 37.8. The largest absolute Gasteiger partial charge is 0.394 e. The number of nitrogens with zero attached hydrogens (tertiary/aromatic N) is 2. The molecule has 2 rings (SSSR count). The average molecular weight is 302 g/mol. The van der Waals surface area contributed by atoms with E-state index in [1.54, 1.807) is 0 Å². The predicted molar refractivity (Wildman–Crippen MR) is 73.6 cm³/mol. The fraction of sp³-hybridized carbons (Fsp3) is 0.357. The van der Waals surface area contributed by atoms with Crippen LogP contribution in [0.25, 0.3) is 5.57 Å². The van der Waals surface area contributed by atoms with E-state index in [0.717, 1.165) is 11.1 Å². The van der Waals surface area contributed by atoms with Crippen LogP contribution in [-0.2, 0) is 6.42 Å². The molecule has 0 atom stereocenters. The van der Waals surface area contributed by atoms with E-state index in [1.807, 2.05) is 32.0 Å². The van der Waals surface area contributed by atoms with Crippen molar-refractivity contribution in [1.29, 1.82) is 0 Å². The van der Waals surface area contributed by atoms with Crippen molar-refractivity contribution < 1.29 is 13.2 Å². The molecule has 107 valence electrons. The fourth-order valence-corrected chi connectivity index (χ4v) is 2.38. The van der Waals surface area contributed by atoms with E-state index in [1.165, 1.54) is 0 Å². The van der Waals surface area contributed by atoms with Crippen LogP contribution >= 0.6 is 11.6 Å². The van der Waals surface area contributed by atoms with Crippen molar-refractivity contribution in [3.8, 4) is 0 Å². The van der Waals surface area contributed by atoms with Gasteiger partial charge in [0.05, 0.1) is 12.1 Å². The van der Waals surface area contributed by atoms with Crippen LogP contribution in [-0.4, -0.2) is 11.9 Å². The van der Waals surface area contributed by atoms with Crippen molar-refractivity contribution in [2.45, 2.75) is 32.9 Å². The first kappa shape index (κ1) is 14.9. The van der Waals surface area contributed by atoms with Gasteiger partial charge in [0.1, 0.15) is 0 Å². The Kier molecular flexibility index (Phi) is 4.09. The summed E-state index contributed by atoms with van der Waals surface area (Å²) in [4.78, 5) is 0. The minimum absolute atomic E-state index is 0.0181. The quantitative estimate of drug-likeness (QED) is 0.740. The highest BCUT2D eigenvalue weighted by molar-refractivity contribution is 6.41. The molecule has 0 saturated carbocycles. The first-order valence-corrected chi connectivity index (χ1v) is 6.54. The topological polar surface area (TPSA) is 26.5 Å². The fourth-order valence-electron chi connectivity index (χ4n) is 2.13. The molecule has 1 aromatic rings. The lowest BCUT2D eigenvalue weighted by Gasteiger charge is -2.13. The maximum atomic E-state index is 12.6. The molecule has 2 nitrogen and oxygen atoms in total. The van der Waals surface area contributed by atoms with E-state index in [2.05, 4.69) is 10.5 Å². The molecule has 0 aliphatic carbocycles. The summed E-state index contributed by atoms with van der Waals surface area (Å²) in [5, 5.41) is 3.60. The van der Waals surface area contributed by atoms with Crippen LogP contribution in [0, 0.1) is 6.92 Å². The summed E-state index contributed by atoms with van der Waals surface area (Å²) in [5.41, 5.74) is 6.33. The molecule has 0 spiro atoms.